The van der Waals surface area contributed by atoms with Crippen molar-refractivity contribution in [3.63, 3.8) is 0 Å². The fourth-order valence-electron chi connectivity index (χ4n) is 3.77. The zero-order chi connectivity index (χ0) is 24.2. The maximum Gasteiger partial charge on any atom is 0.276 e. The molecule has 0 bridgehead atoms. The molecule has 176 valence electrons. The molecule has 10 heteroatoms. The summed E-state index contributed by atoms with van der Waals surface area (Å²) in [6.07, 6.45) is 4.08. The number of halogens is 2. The van der Waals surface area contributed by atoms with Crippen LogP contribution in [0.3, 0.4) is 0 Å². The average molecular weight is 500 g/mol. The van der Waals surface area contributed by atoms with Gasteiger partial charge in [0.15, 0.2) is 11.6 Å². The van der Waals surface area contributed by atoms with Crippen molar-refractivity contribution in [2.75, 3.05) is 18.4 Å². The minimum absolute atomic E-state index is 0.0625. The lowest BCUT2D eigenvalue weighted by molar-refractivity contribution is -0.135. The first kappa shape index (κ1) is 23.9. The second-order valence-electron chi connectivity index (χ2n) is 8.23. The van der Waals surface area contributed by atoms with E-state index in [1.807, 2.05) is 36.3 Å². The van der Waals surface area contributed by atoms with Crippen LogP contribution < -0.4 is 5.32 Å². The van der Waals surface area contributed by atoms with E-state index in [9.17, 15) is 14.0 Å². The molecule has 4 heterocycles. The Labute approximate surface area is 205 Å². The fraction of sp³-hybridized carbons (Fsp3) is 0.333. The molecule has 0 spiro atoms. The highest BCUT2D eigenvalue weighted by molar-refractivity contribution is 7.10. The van der Waals surface area contributed by atoms with E-state index in [-0.39, 0.29) is 34.4 Å². The molecule has 0 unspecified atom stereocenters. The van der Waals surface area contributed by atoms with Gasteiger partial charge in [-0.25, -0.2) is 9.37 Å². The Morgan fingerprint density at radius 3 is 2.68 bits per heavy atom. The SMILES string of the molecule is CC(C)C(=O)N1CCC(n2ncc(Cl)c2C(=O)Nc2ncc(C#Cc3cccs3)cc2F)CC1. The molecule has 1 N–H and O–H groups in total. The summed E-state index contributed by atoms with van der Waals surface area (Å²) in [5, 5.41) is 8.84. The van der Waals surface area contributed by atoms with Gasteiger partial charge in [0.1, 0.15) is 5.69 Å². The molecule has 3 aromatic heterocycles. The van der Waals surface area contributed by atoms with Crippen LogP contribution in [0.25, 0.3) is 0 Å². The molecule has 1 aliphatic rings. The molecular formula is C24H23ClFN5O2S. The van der Waals surface area contributed by atoms with E-state index >= 15 is 0 Å². The van der Waals surface area contributed by atoms with Crippen LogP contribution in [-0.2, 0) is 4.79 Å². The number of thiophene rings is 1. The molecule has 4 rings (SSSR count). The fourth-order valence-corrected chi connectivity index (χ4v) is 4.56. The zero-order valence-electron chi connectivity index (χ0n) is 18.7. The third kappa shape index (κ3) is 5.29. The molecule has 0 aliphatic carbocycles. The second kappa shape index (κ2) is 10.4. The first-order valence-corrected chi connectivity index (χ1v) is 12.1. The van der Waals surface area contributed by atoms with Crippen LogP contribution in [0.5, 0.6) is 0 Å². The molecule has 0 aromatic carbocycles. The molecule has 1 aliphatic heterocycles. The summed E-state index contributed by atoms with van der Waals surface area (Å²) < 4.78 is 16.2. The Morgan fingerprint density at radius 2 is 2.03 bits per heavy atom. The molecule has 1 fully saturated rings. The van der Waals surface area contributed by atoms with Crippen molar-refractivity contribution in [2.24, 2.45) is 5.92 Å². The summed E-state index contributed by atoms with van der Waals surface area (Å²) in [6, 6.07) is 4.88. The van der Waals surface area contributed by atoms with Gasteiger partial charge in [-0.05, 0) is 30.4 Å². The van der Waals surface area contributed by atoms with Gasteiger partial charge in [0.05, 0.1) is 22.1 Å². The zero-order valence-corrected chi connectivity index (χ0v) is 20.3. The van der Waals surface area contributed by atoms with Crippen LogP contribution in [-0.4, -0.2) is 44.6 Å². The number of hydrogen-bond acceptors (Lipinski definition) is 5. The lowest BCUT2D eigenvalue weighted by Gasteiger charge is -2.33. The lowest BCUT2D eigenvalue weighted by Crippen LogP contribution is -2.41. The number of likely N-dealkylation sites (tertiary alicyclic amines) is 1. The molecular weight excluding hydrogens is 477 g/mol. The van der Waals surface area contributed by atoms with E-state index in [1.54, 1.807) is 4.68 Å². The van der Waals surface area contributed by atoms with Gasteiger partial charge >= 0.3 is 0 Å². The summed E-state index contributed by atoms with van der Waals surface area (Å²) in [4.78, 5) is 31.9. The highest BCUT2D eigenvalue weighted by Crippen LogP contribution is 2.28. The number of nitrogens with zero attached hydrogens (tertiary/aromatic N) is 4. The standard InChI is InChI=1S/C24H23ClFN5O2S/c1-15(2)24(33)30-9-7-17(8-10-30)31-21(19(25)14-28-31)23(32)29-22-20(26)12-16(13-27-22)5-6-18-4-3-11-34-18/h3-4,11-15,17H,7-10H2,1-2H3,(H,27,29,32). The van der Waals surface area contributed by atoms with Gasteiger partial charge in [-0.2, -0.15) is 5.10 Å². The van der Waals surface area contributed by atoms with Gasteiger partial charge < -0.3 is 10.2 Å². The van der Waals surface area contributed by atoms with Crippen molar-refractivity contribution in [3.05, 3.63) is 62.9 Å². The predicted molar refractivity (Wildman–Crippen MR) is 129 cm³/mol. The molecule has 2 amide bonds. The lowest BCUT2D eigenvalue weighted by atomic mass is 10.0. The predicted octanol–water partition coefficient (Wildman–Crippen LogP) is 4.60. The smallest absolute Gasteiger partial charge is 0.276 e. The van der Waals surface area contributed by atoms with Crippen molar-refractivity contribution in [2.45, 2.75) is 32.7 Å². The number of carbonyl (C=O) groups excluding carboxylic acids is 2. The van der Waals surface area contributed by atoms with E-state index in [2.05, 4.69) is 27.2 Å². The number of pyridine rings is 1. The number of anilines is 1. The van der Waals surface area contributed by atoms with Crippen LogP contribution in [0.4, 0.5) is 10.2 Å². The molecule has 34 heavy (non-hydrogen) atoms. The quantitative estimate of drug-likeness (QED) is 0.532. The number of hydrogen-bond donors (Lipinski definition) is 1. The monoisotopic (exact) mass is 499 g/mol. The summed E-state index contributed by atoms with van der Waals surface area (Å²) in [5.74, 6) is 4.33. The van der Waals surface area contributed by atoms with E-state index in [0.717, 1.165) is 4.88 Å². The van der Waals surface area contributed by atoms with Crippen LogP contribution in [0, 0.1) is 23.6 Å². The van der Waals surface area contributed by atoms with Crippen LogP contribution in [0.2, 0.25) is 5.02 Å². The summed E-state index contributed by atoms with van der Waals surface area (Å²) in [6.45, 7) is 4.90. The Kier molecular flexibility index (Phi) is 7.29. The van der Waals surface area contributed by atoms with Crippen LogP contribution in [0.15, 0.2) is 36.0 Å². The Bertz CT molecular complexity index is 1250. The first-order valence-electron chi connectivity index (χ1n) is 10.9. The Hall–Kier alpha value is -3.22. The number of aromatic nitrogens is 3. The number of amides is 2. The van der Waals surface area contributed by atoms with E-state index < -0.39 is 11.7 Å². The van der Waals surface area contributed by atoms with Gasteiger partial charge in [-0.15, -0.1) is 11.3 Å². The Balaban J connectivity index is 1.46. The highest BCUT2D eigenvalue weighted by atomic mass is 35.5. The van der Waals surface area contributed by atoms with Crippen LogP contribution >= 0.6 is 22.9 Å². The molecule has 3 aromatic rings. The van der Waals surface area contributed by atoms with Gasteiger partial charge in [-0.1, -0.05) is 43.4 Å². The Morgan fingerprint density at radius 1 is 1.26 bits per heavy atom. The van der Waals surface area contributed by atoms with E-state index in [4.69, 9.17) is 11.6 Å². The molecule has 0 saturated carbocycles. The van der Waals surface area contributed by atoms with Crippen molar-refractivity contribution in [1.29, 1.82) is 0 Å². The van der Waals surface area contributed by atoms with E-state index in [1.165, 1.54) is 29.8 Å². The highest BCUT2D eigenvalue weighted by Gasteiger charge is 2.29. The third-order valence-corrected chi connectivity index (χ3v) is 6.57. The minimum atomic E-state index is -0.700. The minimum Gasteiger partial charge on any atom is -0.342 e. The number of nitrogens with one attached hydrogen (secondary N) is 1. The molecule has 1 saturated heterocycles. The number of piperidine rings is 1. The largest absolute Gasteiger partial charge is 0.342 e. The number of carbonyl (C=O) groups is 2. The number of rotatable bonds is 4. The topological polar surface area (TPSA) is 80.1 Å². The van der Waals surface area contributed by atoms with Crippen molar-refractivity contribution >= 4 is 40.6 Å². The maximum atomic E-state index is 14.6. The van der Waals surface area contributed by atoms with Crippen molar-refractivity contribution in [3.8, 4) is 11.8 Å². The summed E-state index contributed by atoms with van der Waals surface area (Å²) in [5.41, 5.74) is 0.535. The first-order chi connectivity index (χ1) is 16.3. The van der Waals surface area contributed by atoms with Gasteiger partial charge in [0.2, 0.25) is 5.91 Å². The summed E-state index contributed by atoms with van der Waals surface area (Å²) >= 11 is 7.75. The molecule has 0 atom stereocenters. The van der Waals surface area contributed by atoms with Gasteiger partial charge in [0, 0.05) is 30.8 Å². The molecule has 7 nitrogen and oxygen atoms in total. The molecule has 0 radical (unpaired) electrons. The second-order valence-corrected chi connectivity index (χ2v) is 9.59. The van der Waals surface area contributed by atoms with Gasteiger partial charge in [0.25, 0.3) is 5.91 Å². The third-order valence-electron chi connectivity index (χ3n) is 5.51. The van der Waals surface area contributed by atoms with Crippen molar-refractivity contribution < 1.29 is 14.0 Å². The van der Waals surface area contributed by atoms with Gasteiger partial charge in [-0.3, -0.25) is 14.3 Å². The van der Waals surface area contributed by atoms with Crippen LogP contribution in [0.1, 0.15) is 53.7 Å². The van der Waals surface area contributed by atoms with Crippen molar-refractivity contribution in [1.82, 2.24) is 19.7 Å². The van der Waals surface area contributed by atoms with E-state index in [0.29, 0.717) is 31.5 Å². The summed E-state index contributed by atoms with van der Waals surface area (Å²) in [7, 11) is 0. The maximum absolute atomic E-state index is 14.6. The normalized spacial score (nSPS) is 14.1. The average Bonchev–Trinajstić information content (AvgIpc) is 3.48.